The van der Waals surface area contributed by atoms with Gasteiger partial charge in [-0.25, -0.2) is 4.99 Å². The van der Waals surface area contributed by atoms with Crippen LogP contribution in [0, 0.1) is 6.92 Å². The second-order valence-electron chi connectivity index (χ2n) is 3.31. The van der Waals surface area contributed by atoms with Crippen molar-refractivity contribution in [3.8, 4) is 0 Å². The number of nitrogens with zero attached hydrogens (tertiary/aromatic N) is 1. The van der Waals surface area contributed by atoms with E-state index in [2.05, 4.69) is 10.3 Å². The maximum absolute atomic E-state index is 11.4. The minimum Gasteiger partial charge on any atom is -0.385 e. The lowest BCUT2D eigenvalue weighted by Crippen LogP contribution is -2.24. The molecular weight excluding hydrogens is 178 g/mol. The van der Waals surface area contributed by atoms with E-state index in [-0.39, 0.29) is 5.91 Å². The molecule has 72 valence electrons. The zero-order valence-corrected chi connectivity index (χ0v) is 7.82. The molecule has 4 nitrogen and oxygen atoms in total. The van der Waals surface area contributed by atoms with Crippen LogP contribution in [-0.2, 0) is 4.79 Å². The summed E-state index contributed by atoms with van der Waals surface area (Å²) in [6, 6.07) is 7.15. The summed E-state index contributed by atoms with van der Waals surface area (Å²) in [4.78, 5) is 15.1. The third-order valence-corrected chi connectivity index (χ3v) is 2.06. The summed E-state index contributed by atoms with van der Waals surface area (Å²) in [5.74, 6) is 0.251. The van der Waals surface area contributed by atoms with Crippen molar-refractivity contribution < 1.29 is 4.79 Å². The fourth-order valence-electron chi connectivity index (χ4n) is 1.15. The molecule has 1 amide bonds. The van der Waals surface area contributed by atoms with Gasteiger partial charge < -0.3 is 11.1 Å². The van der Waals surface area contributed by atoms with Gasteiger partial charge in [-0.2, -0.15) is 0 Å². The number of aliphatic imine (C=N–C) groups is 1. The summed E-state index contributed by atoms with van der Waals surface area (Å²) < 4.78 is 0. The van der Waals surface area contributed by atoms with Gasteiger partial charge in [0.05, 0.1) is 0 Å². The predicted octanol–water partition coefficient (Wildman–Crippen LogP) is 0.673. The van der Waals surface area contributed by atoms with Gasteiger partial charge in [0.1, 0.15) is 5.84 Å². The maximum atomic E-state index is 11.4. The van der Waals surface area contributed by atoms with Gasteiger partial charge in [0.15, 0.2) is 6.04 Å². The molecule has 0 saturated carbocycles. The first-order valence-corrected chi connectivity index (χ1v) is 4.37. The predicted molar refractivity (Wildman–Crippen MR) is 55.2 cm³/mol. The summed E-state index contributed by atoms with van der Waals surface area (Å²) in [6.07, 6.45) is 0. The minimum absolute atomic E-state index is 0.161. The molecule has 0 saturated heterocycles. The Bertz CT molecular complexity index is 394. The first-order chi connectivity index (χ1) is 6.66. The molecule has 1 aliphatic heterocycles. The van der Waals surface area contributed by atoms with Gasteiger partial charge in [-0.1, -0.05) is 17.7 Å². The molecule has 1 aromatic rings. The Morgan fingerprint density at radius 3 is 2.50 bits per heavy atom. The number of aryl methyl sites for hydroxylation is 1. The van der Waals surface area contributed by atoms with Gasteiger partial charge in [-0.15, -0.1) is 0 Å². The van der Waals surface area contributed by atoms with E-state index in [1.807, 2.05) is 31.2 Å². The van der Waals surface area contributed by atoms with E-state index >= 15 is 0 Å². The Balaban J connectivity index is 1.97. The van der Waals surface area contributed by atoms with Crippen molar-refractivity contribution in [1.82, 2.24) is 0 Å². The number of nitrogens with one attached hydrogen (secondary N) is 1. The second kappa shape index (κ2) is 3.14. The average molecular weight is 189 g/mol. The summed E-state index contributed by atoms with van der Waals surface area (Å²) in [5, 5.41) is 2.73. The minimum atomic E-state index is -0.434. The van der Waals surface area contributed by atoms with Gasteiger partial charge in [0.25, 0.3) is 5.91 Å². The topological polar surface area (TPSA) is 67.5 Å². The van der Waals surface area contributed by atoms with Crippen LogP contribution in [0.2, 0.25) is 0 Å². The maximum Gasteiger partial charge on any atom is 0.257 e. The molecule has 2 rings (SSSR count). The molecule has 1 heterocycles. The monoisotopic (exact) mass is 189 g/mol. The fraction of sp³-hybridized carbons (Fsp3) is 0.200. The summed E-state index contributed by atoms with van der Waals surface area (Å²) in [7, 11) is 0. The number of rotatable bonds is 2. The van der Waals surface area contributed by atoms with Crippen molar-refractivity contribution in [2.45, 2.75) is 13.0 Å². The first-order valence-electron chi connectivity index (χ1n) is 4.37. The van der Waals surface area contributed by atoms with Crippen LogP contribution >= 0.6 is 0 Å². The van der Waals surface area contributed by atoms with Gasteiger partial charge >= 0.3 is 0 Å². The largest absolute Gasteiger partial charge is 0.385 e. The van der Waals surface area contributed by atoms with Crippen molar-refractivity contribution >= 4 is 17.4 Å². The lowest BCUT2D eigenvalue weighted by molar-refractivity contribution is -0.115. The Morgan fingerprint density at radius 1 is 1.43 bits per heavy atom. The Kier molecular flexibility index (Phi) is 1.96. The molecule has 0 radical (unpaired) electrons. The smallest absolute Gasteiger partial charge is 0.257 e. The van der Waals surface area contributed by atoms with Crippen LogP contribution in [0.25, 0.3) is 0 Å². The van der Waals surface area contributed by atoms with Gasteiger partial charge in [0.2, 0.25) is 0 Å². The number of benzene rings is 1. The van der Waals surface area contributed by atoms with Crippen LogP contribution in [0.3, 0.4) is 0 Å². The van der Waals surface area contributed by atoms with E-state index in [0.29, 0.717) is 5.84 Å². The zero-order chi connectivity index (χ0) is 10.1. The van der Waals surface area contributed by atoms with Crippen LogP contribution in [0.4, 0.5) is 5.69 Å². The number of nitrogens with two attached hydrogens (primary N) is 1. The molecule has 0 aliphatic carbocycles. The van der Waals surface area contributed by atoms with Gasteiger partial charge in [0, 0.05) is 5.69 Å². The second-order valence-corrected chi connectivity index (χ2v) is 3.31. The molecule has 0 spiro atoms. The lowest BCUT2D eigenvalue weighted by Gasteiger charge is -2.03. The Labute approximate surface area is 81.8 Å². The number of hydrogen-bond acceptors (Lipinski definition) is 3. The highest BCUT2D eigenvalue weighted by molar-refractivity contribution is 6.19. The van der Waals surface area contributed by atoms with Crippen LogP contribution in [0.1, 0.15) is 5.56 Å². The number of anilines is 1. The molecule has 0 aromatic heterocycles. The van der Waals surface area contributed by atoms with Gasteiger partial charge in [-0.3, -0.25) is 4.79 Å². The number of amidine groups is 1. The highest BCUT2D eigenvalue weighted by Gasteiger charge is 2.32. The molecule has 1 aliphatic rings. The molecule has 1 aromatic carbocycles. The highest BCUT2D eigenvalue weighted by Crippen LogP contribution is 2.13. The van der Waals surface area contributed by atoms with Crippen LogP contribution in [0.5, 0.6) is 0 Å². The zero-order valence-electron chi connectivity index (χ0n) is 7.82. The number of carbonyl (C=O) groups excluding carboxylic acids is 1. The van der Waals surface area contributed by atoms with Crippen LogP contribution in [-0.4, -0.2) is 17.8 Å². The number of carbonyl (C=O) groups is 1. The van der Waals surface area contributed by atoms with Crippen molar-refractivity contribution in [2.75, 3.05) is 5.32 Å². The molecule has 1 unspecified atom stereocenters. The number of hydrogen-bond donors (Lipinski definition) is 2. The molecule has 0 bridgehead atoms. The van der Waals surface area contributed by atoms with Crippen molar-refractivity contribution in [3.63, 3.8) is 0 Å². The van der Waals surface area contributed by atoms with Crippen LogP contribution in [0.15, 0.2) is 29.3 Å². The van der Waals surface area contributed by atoms with E-state index in [9.17, 15) is 4.79 Å². The third-order valence-electron chi connectivity index (χ3n) is 2.06. The van der Waals surface area contributed by atoms with E-state index in [1.165, 1.54) is 0 Å². The number of amides is 1. The highest BCUT2D eigenvalue weighted by atomic mass is 16.2. The molecule has 3 N–H and O–H groups in total. The quantitative estimate of drug-likeness (QED) is 0.718. The van der Waals surface area contributed by atoms with Crippen LogP contribution < -0.4 is 11.1 Å². The summed E-state index contributed by atoms with van der Waals surface area (Å²) in [6.45, 7) is 1.99. The molecule has 4 heteroatoms. The fourth-order valence-corrected chi connectivity index (χ4v) is 1.15. The van der Waals surface area contributed by atoms with E-state index in [0.717, 1.165) is 11.3 Å². The summed E-state index contributed by atoms with van der Waals surface area (Å²) in [5.41, 5.74) is 7.27. The van der Waals surface area contributed by atoms with Crippen molar-refractivity contribution in [2.24, 2.45) is 10.7 Å². The SMILES string of the molecule is Cc1ccc(NC(=O)C2N=C2N)cc1. The first kappa shape index (κ1) is 8.74. The normalized spacial score (nSPS) is 18.6. The molecule has 14 heavy (non-hydrogen) atoms. The molecular formula is C10H11N3O. The average Bonchev–Trinajstić information content (AvgIpc) is 2.87. The van der Waals surface area contributed by atoms with E-state index in [1.54, 1.807) is 0 Å². The van der Waals surface area contributed by atoms with E-state index < -0.39 is 6.04 Å². The lowest BCUT2D eigenvalue weighted by atomic mass is 10.2. The Morgan fingerprint density at radius 2 is 2.00 bits per heavy atom. The van der Waals surface area contributed by atoms with Crippen molar-refractivity contribution in [3.05, 3.63) is 29.8 Å². The molecule has 0 fully saturated rings. The molecule has 1 atom stereocenters. The van der Waals surface area contributed by atoms with Crippen molar-refractivity contribution in [1.29, 1.82) is 0 Å². The standard InChI is InChI=1S/C10H11N3O/c1-6-2-4-7(5-3-6)12-10(14)8-9(11)13-8/h2-5,8H,1H3,(H2,11,13)(H,12,14). The van der Waals surface area contributed by atoms with E-state index in [4.69, 9.17) is 5.73 Å². The Hall–Kier alpha value is -1.84. The summed E-state index contributed by atoms with van der Waals surface area (Å²) >= 11 is 0. The van der Waals surface area contributed by atoms with Gasteiger partial charge in [-0.05, 0) is 19.1 Å². The third kappa shape index (κ3) is 1.74.